The summed E-state index contributed by atoms with van der Waals surface area (Å²) < 4.78 is 7.51. The monoisotopic (exact) mass is 336 g/mol. The Kier molecular flexibility index (Phi) is 5.09. The van der Waals surface area contributed by atoms with Gasteiger partial charge in [-0.05, 0) is 61.9 Å². The van der Waals surface area contributed by atoms with Crippen molar-refractivity contribution in [1.29, 1.82) is 0 Å². The summed E-state index contributed by atoms with van der Waals surface area (Å²) in [7, 11) is 0. The molecule has 3 aromatic rings. The molecule has 0 saturated heterocycles. The van der Waals surface area contributed by atoms with Gasteiger partial charge in [0.15, 0.2) is 0 Å². The summed E-state index contributed by atoms with van der Waals surface area (Å²) in [6, 6.07) is 14.6. The molecule has 0 radical (unpaired) electrons. The third-order valence-electron chi connectivity index (χ3n) is 3.87. The number of anilines is 1. The van der Waals surface area contributed by atoms with E-state index in [0.29, 0.717) is 5.56 Å². The lowest BCUT2D eigenvalue weighted by Crippen LogP contribution is -2.12. The second-order valence-electron chi connectivity index (χ2n) is 5.73. The van der Waals surface area contributed by atoms with Gasteiger partial charge in [-0.25, -0.2) is 0 Å². The molecule has 0 aliphatic rings. The van der Waals surface area contributed by atoms with Gasteiger partial charge in [-0.2, -0.15) is 0 Å². The standard InChI is InChI=1S/C19H20N4O2/c1-3-14(2)25-18-10-6-16(7-11-18)22-19(24)15-4-8-17(9-5-15)23-12-20-21-13-23/h4-14H,3H2,1-2H3,(H,22,24)/t14-/m0/s1. The zero-order valence-electron chi connectivity index (χ0n) is 14.2. The van der Waals surface area contributed by atoms with Crippen molar-refractivity contribution in [3.8, 4) is 11.4 Å². The quantitative estimate of drug-likeness (QED) is 0.745. The molecule has 0 bridgehead atoms. The molecule has 1 heterocycles. The molecule has 0 aliphatic carbocycles. The fourth-order valence-electron chi connectivity index (χ4n) is 2.25. The highest BCUT2D eigenvalue weighted by atomic mass is 16.5. The van der Waals surface area contributed by atoms with Crippen LogP contribution < -0.4 is 10.1 Å². The number of hydrogen-bond acceptors (Lipinski definition) is 4. The van der Waals surface area contributed by atoms with E-state index in [9.17, 15) is 4.79 Å². The molecule has 0 spiro atoms. The van der Waals surface area contributed by atoms with Gasteiger partial charge in [-0.3, -0.25) is 9.36 Å². The summed E-state index contributed by atoms with van der Waals surface area (Å²) in [5.41, 5.74) is 2.20. The number of rotatable bonds is 6. The van der Waals surface area contributed by atoms with E-state index in [0.717, 1.165) is 23.5 Å². The molecule has 0 saturated carbocycles. The predicted octanol–water partition coefficient (Wildman–Crippen LogP) is 3.70. The van der Waals surface area contributed by atoms with Crippen molar-refractivity contribution in [2.24, 2.45) is 0 Å². The third-order valence-corrected chi connectivity index (χ3v) is 3.87. The Bertz CT molecular complexity index is 812. The zero-order chi connectivity index (χ0) is 17.6. The molecule has 1 atom stereocenters. The summed E-state index contributed by atoms with van der Waals surface area (Å²) in [6.45, 7) is 4.10. The first-order chi connectivity index (χ1) is 12.2. The number of carbonyl (C=O) groups is 1. The molecule has 6 nitrogen and oxygen atoms in total. The fraction of sp³-hybridized carbons (Fsp3) is 0.211. The number of nitrogens with zero attached hydrogens (tertiary/aromatic N) is 3. The van der Waals surface area contributed by atoms with Crippen LogP contribution in [0.1, 0.15) is 30.6 Å². The first-order valence-corrected chi connectivity index (χ1v) is 8.19. The van der Waals surface area contributed by atoms with E-state index in [1.165, 1.54) is 0 Å². The van der Waals surface area contributed by atoms with Crippen molar-refractivity contribution in [1.82, 2.24) is 14.8 Å². The molecule has 25 heavy (non-hydrogen) atoms. The van der Waals surface area contributed by atoms with Crippen LogP contribution in [0.3, 0.4) is 0 Å². The number of nitrogens with one attached hydrogen (secondary N) is 1. The maximum absolute atomic E-state index is 12.3. The molecular weight excluding hydrogens is 316 g/mol. The van der Waals surface area contributed by atoms with E-state index in [1.54, 1.807) is 29.4 Å². The molecule has 1 N–H and O–H groups in total. The molecule has 1 aromatic heterocycles. The Balaban J connectivity index is 1.63. The lowest BCUT2D eigenvalue weighted by molar-refractivity contribution is 0.102. The topological polar surface area (TPSA) is 69.0 Å². The molecule has 3 rings (SSSR count). The summed E-state index contributed by atoms with van der Waals surface area (Å²) in [6.07, 6.45) is 4.34. The minimum atomic E-state index is -0.161. The Morgan fingerprint density at radius 2 is 1.72 bits per heavy atom. The molecule has 128 valence electrons. The van der Waals surface area contributed by atoms with E-state index >= 15 is 0 Å². The Morgan fingerprint density at radius 3 is 2.32 bits per heavy atom. The largest absolute Gasteiger partial charge is 0.491 e. The highest BCUT2D eigenvalue weighted by Gasteiger charge is 2.07. The average molecular weight is 336 g/mol. The number of aromatic nitrogens is 3. The number of amides is 1. The highest BCUT2D eigenvalue weighted by molar-refractivity contribution is 6.04. The zero-order valence-corrected chi connectivity index (χ0v) is 14.2. The van der Waals surface area contributed by atoms with Crippen LogP contribution in [0.4, 0.5) is 5.69 Å². The van der Waals surface area contributed by atoms with Crippen LogP contribution in [-0.4, -0.2) is 26.8 Å². The van der Waals surface area contributed by atoms with Crippen LogP contribution in [0.25, 0.3) is 5.69 Å². The Labute approximate surface area is 146 Å². The lowest BCUT2D eigenvalue weighted by atomic mass is 10.2. The van der Waals surface area contributed by atoms with Crippen LogP contribution in [0.5, 0.6) is 5.75 Å². The maximum atomic E-state index is 12.3. The van der Waals surface area contributed by atoms with Crippen molar-refractivity contribution in [3.63, 3.8) is 0 Å². The molecular formula is C19H20N4O2. The Morgan fingerprint density at radius 1 is 1.08 bits per heavy atom. The molecule has 0 aliphatic heterocycles. The van der Waals surface area contributed by atoms with Gasteiger partial charge in [0.25, 0.3) is 5.91 Å². The normalized spacial score (nSPS) is 11.8. The van der Waals surface area contributed by atoms with E-state index in [-0.39, 0.29) is 12.0 Å². The first-order valence-electron chi connectivity index (χ1n) is 8.19. The van der Waals surface area contributed by atoms with Crippen molar-refractivity contribution in [2.45, 2.75) is 26.4 Å². The van der Waals surface area contributed by atoms with Crippen LogP contribution in [0, 0.1) is 0 Å². The second kappa shape index (κ2) is 7.61. The first kappa shape index (κ1) is 16.7. The maximum Gasteiger partial charge on any atom is 0.255 e. The van der Waals surface area contributed by atoms with E-state index in [1.807, 2.05) is 43.3 Å². The molecule has 1 amide bonds. The number of ether oxygens (including phenoxy) is 1. The highest BCUT2D eigenvalue weighted by Crippen LogP contribution is 2.18. The van der Waals surface area contributed by atoms with Crippen molar-refractivity contribution in [2.75, 3.05) is 5.32 Å². The number of benzene rings is 2. The second-order valence-corrected chi connectivity index (χ2v) is 5.73. The molecule has 2 aromatic carbocycles. The van der Waals surface area contributed by atoms with Gasteiger partial charge in [0, 0.05) is 16.9 Å². The van der Waals surface area contributed by atoms with Crippen LogP contribution in [0.2, 0.25) is 0 Å². The van der Waals surface area contributed by atoms with Gasteiger partial charge in [-0.15, -0.1) is 10.2 Å². The van der Waals surface area contributed by atoms with Gasteiger partial charge in [0.1, 0.15) is 18.4 Å². The Hall–Kier alpha value is -3.15. The SMILES string of the molecule is CC[C@H](C)Oc1ccc(NC(=O)c2ccc(-n3cnnc3)cc2)cc1. The van der Waals surface area contributed by atoms with Crippen molar-refractivity contribution >= 4 is 11.6 Å². The minimum Gasteiger partial charge on any atom is -0.491 e. The smallest absolute Gasteiger partial charge is 0.255 e. The summed E-state index contributed by atoms with van der Waals surface area (Å²) in [5.74, 6) is 0.636. The van der Waals surface area contributed by atoms with Crippen molar-refractivity contribution < 1.29 is 9.53 Å². The van der Waals surface area contributed by atoms with Gasteiger partial charge < -0.3 is 10.1 Å². The van der Waals surface area contributed by atoms with E-state index in [2.05, 4.69) is 22.4 Å². The fourth-order valence-corrected chi connectivity index (χ4v) is 2.25. The molecule has 6 heteroatoms. The van der Waals surface area contributed by atoms with Gasteiger partial charge in [0.2, 0.25) is 0 Å². The van der Waals surface area contributed by atoms with E-state index < -0.39 is 0 Å². The number of carbonyl (C=O) groups excluding carboxylic acids is 1. The predicted molar refractivity (Wildman–Crippen MR) is 96.1 cm³/mol. The van der Waals surface area contributed by atoms with Crippen LogP contribution >= 0.6 is 0 Å². The summed E-state index contributed by atoms with van der Waals surface area (Å²) in [4.78, 5) is 12.3. The van der Waals surface area contributed by atoms with Gasteiger partial charge in [0.05, 0.1) is 6.10 Å². The minimum absolute atomic E-state index is 0.161. The average Bonchev–Trinajstić information content (AvgIpc) is 3.18. The van der Waals surface area contributed by atoms with Crippen LogP contribution in [-0.2, 0) is 0 Å². The van der Waals surface area contributed by atoms with Crippen LogP contribution in [0.15, 0.2) is 61.2 Å². The van der Waals surface area contributed by atoms with Crippen molar-refractivity contribution in [3.05, 3.63) is 66.7 Å². The van der Waals surface area contributed by atoms with Gasteiger partial charge >= 0.3 is 0 Å². The molecule has 0 unspecified atom stereocenters. The number of hydrogen-bond donors (Lipinski definition) is 1. The summed E-state index contributed by atoms with van der Waals surface area (Å²) in [5, 5.41) is 10.4. The third kappa shape index (κ3) is 4.23. The molecule has 0 fully saturated rings. The lowest BCUT2D eigenvalue weighted by Gasteiger charge is -2.13. The summed E-state index contributed by atoms with van der Waals surface area (Å²) >= 11 is 0. The van der Waals surface area contributed by atoms with Gasteiger partial charge in [-0.1, -0.05) is 6.92 Å². The van der Waals surface area contributed by atoms with E-state index in [4.69, 9.17) is 4.74 Å².